The van der Waals surface area contributed by atoms with Crippen LogP contribution in [0.2, 0.25) is 5.02 Å². The lowest BCUT2D eigenvalue weighted by molar-refractivity contribution is 0.103. The molecule has 0 N–H and O–H groups in total. The molecule has 2 aromatic carbocycles. The summed E-state index contributed by atoms with van der Waals surface area (Å²) < 4.78 is 26.1. The van der Waals surface area contributed by atoms with Crippen molar-refractivity contribution in [2.75, 3.05) is 0 Å². The molecule has 0 saturated heterocycles. The maximum atomic E-state index is 13.1. The molecule has 4 nitrogen and oxygen atoms in total. The fraction of sp³-hybridized carbons (Fsp3) is 0.250. The first-order chi connectivity index (χ1) is 14.1. The van der Waals surface area contributed by atoms with E-state index in [4.69, 9.17) is 11.6 Å². The Kier molecular flexibility index (Phi) is 6.44. The number of hydrogen-bond acceptors (Lipinski definition) is 4. The van der Waals surface area contributed by atoms with Crippen molar-refractivity contribution in [3.05, 3.63) is 94.3 Å². The maximum absolute atomic E-state index is 13.1. The molecule has 0 atom stereocenters. The molecule has 0 radical (unpaired) electrons. The molecule has 3 aromatic rings. The van der Waals surface area contributed by atoms with E-state index in [0.29, 0.717) is 16.1 Å². The van der Waals surface area contributed by atoms with Crippen LogP contribution in [0.15, 0.2) is 71.9 Å². The third-order valence-electron chi connectivity index (χ3n) is 5.48. The molecule has 0 spiro atoms. The lowest BCUT2D eigenvalue weighted by Crippen LogP contribution is -2.16. The van der Waals surface area contributed by atoms with Gasteiger partial charge in [-0.1, -0.05) is 50.6 Å². The van der Waals surface area contributed by atoms with E-state index in [1.807, 2.05) is 12.1 Å². The second-order valence-electron chi connectivity index (χ2n) is 7.89. The lowest BCUT2D eigenvalue weighted by Gasteiger charge is -2.23. The Balaban J connectivity index is 1.95. The van der Waals surface area contributed by atoms with Crippen LogP contribution in [0.4, 0.5) is 0 Å². The van der Waals surface area contributed by atoms with Crippen molar-refractivity contribution in [2.45, 2.75) is 43.3 Å². The molecule has 0 fully saturated rings. The third kappa shape index (κ3) is 4.79. The van der Waals surface area contributed by atoms with E-state index in [-0.39, 0.29) is 27.4 Å². The van der Waals surface area contributed by atoms with Gasteiger partial charge in [0.05, 0.1) is 10.6 Å². The average molecular weight is 442 g/mol. The van der Waals surface area contributed by atoms with Crippen molar-refractivity contribution in [3.8, 4) is 0 Å². The molecule has 6 heteroatoms. The minimum Gasteiger partial charge on any atom is -0.289 e. The molecule has 0 bridgehead atoms. The van der Waals surface area contributed by atoms with E-state index < -0.39 is 9.84 Å². The Hall–Kier alpha value is -2.50. The van der Waals surface area contributed by atoms with E-state index in [1.54, 1.807) is 36.4 Å². The molecule has 1 aromatic heterocycles. The summed E-state index contributed by atoms with van der Waals surface area (Å²) in [6, 6.07) is 14.9. The highest BCUT2D eigenvalue weighted by Crippen LogP contribution is 2.29. The van der Waals surface area contributed by atoms with Gasteiger partial charge in [-0.3, -0.25) is 9.78 Å². The molecular weight excluding hydrogens is 418 g/mol. The number of carbonyl (C=O) groups excluding carboxylic acids is 1. The molecule has 0 amide bonds. The molecule has 0 aliphatic heterocycles. The summed E-state index contributed by atoms with van der Waals surface area (Å²) in [6.07, 6.45) is 3.99. The van der Waals surface area contributed by atoms with E-state index in [1.165, 1.54) is 18.5 Å². The number of rotatable bonds is 7. The molecule has 0 unspecified atom stereocenters. The Morgan fingerprint density at radius 1 is 1.00 bits per heavy atom. The number of aromatic nitrogens is 1. The van der Waals surface area contributed by atoms with Gasteiger partial charge < -0.3 is 0 Å². The normalized spacial score (nSPS) is 12.0. The quantitative estimate of drug-likeness (QED) is 0.446. The van der Waals surface area contributed by atoms with Crippen LogP contribution in [0.5, 0.6) is 0 Å². The van der Waals surface area contributed by atoms with Crippen LogP contribution in [0.3, 0.4) is 0 Å². The molecule has 156 valence electrons. The van der Waals surface area contributed by atoms with Crippen molar-refractivity contribution in [1.29, 1.82) is 0 Å². The monoisotopic (exact) mass is 441 g/mol. The van der Waals surface area contributed by atoms with Gasteiger partial charge in [-0.05, 0) is 59.4 Å². The van der Waals surface area contributed by atoms with Crippen LogP contribution in [0.25, 0.3) is 0 Å². The van der Waals surface area contributed by atoms with Crippen LogP contribution in [0, 0.1) is 0 Å². The average Bonchev–Trinajstić information content (AvgIpc) is 2.75. The number of halogens is 1. The van der Waals surface area contributed by atoms with E-state index in [0.717, 1.165) is 12.0 Å². The molecule has 0 saturated carbocycles. The van der Waals surface area contributed by atoms with Gasteiger partial charge in [-0.2, -0.15) is 0 Å². The molecule has 0 aliphatic carbocycles. The predicted octanol–water partition coefficient (Wildman–Crippen LogP) is 5.63. The van der Waals surface area contributed by atoms with Gasteiger partial charge in [-0.15, -0.1) is 0 Å². The summed E-state index contributed by atoms with van der Waals surface area (Å²) in [4.78, 5) is 17.1. The maximum Gasteiger partial charge on any atom is 0.193 e. The Morgan fingerprint density at radius 3 is 2.23 bits per heavy atom. The highest BCUT2D eigenvalue weighted by Gasteiger charge is 2.23. The van der Waals surface area contributed by atoms with Gasteiger partial charge in [0.2, 0.25) is 0 Å². The summed E-state index contributed by atoms with van der Waals surface area (Å²) in [6.45, 7) is 6.36. The van der Waals surface area contributed by atoms with Gasteiger partial charge >= 0.3 is 0 Å². The summed E-state index contributed by atoms with van der Waals surface area (Å²) in [5, 5.41) is 0.375. The molecule has 30 heavy (non-hydrogen) atoms. The van der Waals surface area contributed by atoms with Crippen LogP contribution in [0.1, 0.15) is 54.2 Å². The summed E-state index contributed by atoms with van der Waals surface area (Å²) in [7, 11) is -3.64. The standard InChI is InChI=1S/C24H24ClNO3S/c1-4-24(2,3)19-6-9-21(10-7-19)30(28,29)16-18-5-8-20(25)15-22(18)23(27)17-11-13-26-14-12-17/h5-15H,4,16H2,1-3H3. The summed E-state index contributed by atoms with van der Waals surface area (Å²) in [5.41, 5.74) is 2.18. The summed E-state index contributed by atoms with van der Waals surface area (Å²) in [5.74, 6) is -0.572. The fourth-order valence-electron chi connectivity index (χ4n) is 3.15. The number of sulfone groups is 1. The topological polar surface area (TPSA) is 64.1 Å². The minimum absolute atomic E-state index is 0.0252. The zero-order chi connectivity index (χ0) is 21.9. The Morgan fingerprint density at radius 2 is 1.63 bits per heavy atom. The fourth-order valence-corrected chi connectivity index (χ4v) is 4.70. The van der Waals surface area contributed by atoms with Gasteiger partial charge in [-0.25, -0.2) is 8.42 Å². The zero-order valence-electron chi connectivity index (χ0n) is 17.2. The van der Waals surface area contributed by atoms with E-state index in [2.05, 4.69) is 25.8 Å². The Bertz CT molecular complexity index is 1150. The molecular formula is C24H24ClNO3S. The number of carbonyl (C=O) groups is 1. The number of pyridine rings is 1. The van der Waals surface area contributed by atoms with E-state index >= 15 is 0 Å². The number of ketones is 1. The van der Waals surface area contributed by atoms with Crippen molar-refractivity contribution < 1.29 is 13.2 Å². The van der Waals surface area contributed by atoms with Gasteiger partial charge in [0, 0.05) is 28.5 Å². The van der Waals surface area contributed by atoms with Crippen LogP contribution < -0.4 is 0 Å². The molecule has 1 heterocycles. The van der Waals surface area contributed by atoms with Crippen LogP contribution in [-0.2, 0) is 21.0 Å². The van der Waals surface area contributed by atoms with Crippen molar-refractivity contribution in [1.82, 2.24) is 4.98 Å². The second-order valence-corrected chi connectivity index (χ2v) is 10.3. The first-order valence-electron chi connectivity index (χ1n) is 9.70. The SMILES string of the molecule is CCC(C)(C)c1ccc(S(=O)(=O)Cc2ccc(Cl)cc2C(=O)c2ccncc2)cc1. The van der Waals surface area contributed by atoms with Crippen molar-refractivity contribution in [2.24, 2.45) is 0 Å². The van der Waals surface area contributed by atoms with Crippen molar-refractivity contribution >= 4 is 27.2 Å². The first kappa shape index (κ1) is 22.2. The van der Waals surface area contributed by atoms with Crippen molar-refractivity contribution in [3.63, 3.8) is 0 Å². The zero-order valence-corrected chi connectivity index (χ0v) is 18.8. The van der Waals surface area contributed by atoms with Crippen LogP contribution in [-0.4, -0.2) is 19.2 Å². The summed E-state index contributed by atoms with van der Waals surface area (Å²) >= 11 is 6.10. The predicted molar refractivity (Wildman–Crippen MR) is 120 cm³/mol. The smallest absolute Gasteiger partial charge is 0.193 e. The minimum atomic E-state index is -3.64. The number of benzene rings is 2. The van der Waals surface area contributed by atoms with Gasteiger partial charge in [0.25, 0.3) is 0 Å². The molecule has 3 rings (SSSR count). The molecule has 0 aliphatic rings. The van der Waals surface area contributed by atoms with Gasteiger partial charge in [0.15, 0.2) is 15.6 Å². The van der Waals surface area contributed by atoms with E-state index in [9.17, 15) is 13.2 Å². The Labute approximate surface area is 182 Å². The number of hydrogen-bond donors (Lipinski definition) is 0. The highest BCUT2D eigenvalue weighted by molar-refractivity contribution is 7.90. The lowest BCUT2D eigenvalue weighted by atomic mass is 9.82. The first-order valence-corrected chi connectivity index (χ1v) is 11.7. The van der Waals surface area contributed by atoms with Crippen LogP contribution >= 0.6 is 11.6 Å². The highest BCUT2D eigenvalue weighted by atomic mass is 35.5. The second kappa shape index (κ2) is 8.70. The third-order valence-corrected chi connectivity index (χ3v) is 7.40. The van der Waals surface area contributed by atoms with Gasteiger partial charge in [0.1, 0.15) is 0 Å². The largest absolute Gasteiger partial charge is 0.289 e. The number of nitrogens with zero attached hydrogens (tertiary/aromatic N) is 1.